The third-order valence-corrected chi connectivity index (χ3v) is 7.68. The first-order valence-electron chi connectivity index (χ1n) is 11.9. The van der Waals surface area contributed by atoms with Crippen molar-refractivity contribution >= 4 is 39.0 Å². The van der Waals surface area contributed by atoms with Crippen molar-refractivity contribution < 1.29 is 32.7 Å². The van der Waals surface area contributed by atoms with E-state index in [0.29, 0.717) is 18.2 Å². The van der Waals surface area contributed by atoms with Crippen LogP contribution in [0.4, 0.5) is 17.5 Å². The SMILES string of the molecule is Cc1cc(Nc2nc(N[C@@H]3C[C@H](C(C)(C)O)[C@@H](O)[C@H]3O)c(-c3nc4ccccc4s3)c[nH+]2)cc(C)n1.[Cl-]. The Morgan fingerprint density at radius 2 is 1.73 bits per heavy atom. The van der Waals surface area contributed by atoms with E-state index in [2.05, 4.69) is 20.6 Å². The van der Waals surface area contributed by atoms with Crippen molar-refractivity contribution in [3.63, 3.8) is 0 Å². The second-order valence-electron chi connectivity index (χ2n) is 9.99. The van der Waals surface area contributed by atoms with Crippen molar-refractivity contribution in [1.29, 1.82) is 0 Å². The Morgan fingerprint density at radius 1 is 1.03 bits per heavy atom. The molecule has 9 nitrogen and oxygen atoms in total. The Kier molecular flexibility index (Phi) is 7.68. The van der Waals surface area contributed by atoms with Crippen LogP contribution in [0.15, 0.2) is 42.6 Å². The van der Waals surface area contributed by atoms with Crippen molar-refractivity contribution in [3.8, 4) is 10.6 Å². The summed E-state index contributed by atoms with van der Waals surface area (Å²) in [7, 11) is 0. The maximum Gasteiger partial charge on any atom is 0.396 e. The summed E-state index contributed by atoms with van der Waals surface area (Å²) in [5.41, 5.74) is 3.14. The molecule has 0 radical (unpaired) electrons. The molecule has 0 amide bonds. The lowest BCUT2D eigenvalue weighted by Crippen LogP contribution is -3.00. The fourth-order valence-electron chi connectivity index (χ4n) is 4.84. The molecule has 196 valence electrons. The van der Waals surface area contributed by atoms with Crippen molar-refractivity contribution in [1.82, 2.24) is 15.0 Å². The van der Waals surface area contributed by atoms with E-state index in [9.17, 15) is 15.3 Å². The summed E-state index contributed by atoms with van der Waals surface area (Å²) in [5.74, 6) is 0.538. The Morgan fingerprint density at radius 3 is 2.38 bits per heavy atom. The molecule has 3 aromatic heterocycles. The number of halogens is 1. The Bertz CT molecular complexity index is 1360. The predicted octanol–water partition coefficient (Wildman–Crippen LogP) is 0.225. The largest absolute Gasteiger partial charge is 1.00 e. The molecule has 1 aromatic carbocycles. The molecule has 0 spiro atoms. The van der Waals surface area contributed by atoms with Crippen LogP contribution in [-0.2, 0) is 0 Å². The minimum atomic E-state index is -1.13. The number of benzene rings is 1. The Balaban J connectivity index is 0.00000320. The van der Waals surface area contributed by atoms with Crippen molar-refractivity contribution in [2.24, 2.45) is 5.92 Å². The standard InChI is InChI=1S/C26H30N6O3S.ClH/c1-13-9-15(10-14(2)28-13)29-25-27-12-16(24-31-18-7-5-6-8-20(18)36-24)23(32-25)30-19-11-17(26(3,4)35)21(33)22(19)34;/h5-10,12,17,19,21-22,33-35H,11H2,1-4H3,(H2,27,28,29,30,32);1H/t17-,19+,21+,22-;/m0./s1. The van der Waals surface area contributed by atoms with Gasteiger partial charge in [0.1, 0.15) is 22.4 Å². The molecular weight excluding hydrogens is 512 g/mol. The normalized spacial score (nSPS) is 21.6. The maximum absolute atomic E-state index is 10.8. The third kappa shape index (κ3) is 5.68. The van der Waals surface area contributed by atoms with Crippen molar-refractivity contribution in [2.75, 3.05) is 10.6 Å². The minimum absolute atomic E-state index is 0. The van der Waals surface area contributed by atoms with Gasteiger partial charge in [0.15, 0.2) is 0 Å². The first-order chi connectivity index (χ1) is 17.1. The number of para-hydroxylation sites is 1. The molecular formula is C26H31ClN6O3S. The third-order valence-electron chi connectivity index (χ3n) is 6.61. The molecule has 0 unspecified atom stereocenters. The first kappa shape index (κ1) is 27.2. The highest BCUT2D eigenvalue weighted by atomic mass is 35.5. The second-order valence-corrected chi connectivity index (χ2v) is 11.0. The van der Waals surface area contributed by atoms with Gasteiger partial charge in [0.05, 0.1) is 34.2 Å². The number of anilines is 3. The number of nitrogens with zero attached hydrogens (tertiary/aromatic N) is 3. The van der Waals surface area contributed by atoms with Gasteiger partial charge >= 0.3 is 5.95 Å². The van der Waals surface area contributed by atoms with Gasteiger partial charge in [-0.2, -0.15) is 0 Å². The summed E-state index contributed by atoms with van der Waals surface area (Å²) < 4.78 is 1.06. The van der Waals surface area contributed by atoms with E-state index in [-0.39, 0.29) is 12.4 Å². The summed E-state index contributed by atoms with van der Waals surface area (Å²) >= 11 is 1.55. The maximum atomic E-state index is 10.8. The molecule has 0 saturated heterocycles. The summed E-state index contributed by atoms with van der Waals surface area (Å²) in [6.07, 6.45) is 0.111. The quantitative estimate of drug-likeness (QED) is 0.233. The lowest BCUT2D eigenvalue weighted by atomic mass is 9.88. The number of aryl methyl sites for hydroxylation is 2. The van der Waals surface area contributed by atoms with Gasteiger partial charge in [-0.25, -0.2) is 15.3 Å². The van der Waals surface area contributed by atoms with Crippen LogP contribution in [0.1, 0.15) is 31.7 Å². The lowest BCUT2D eigenvalue weighted by Gasteiger charge is -2.28. The van der Waals surface area contributed by atoms with Gasteiger partial charge in [-0.15, -0.1) is 11.3 Å². The lowest BCUT2D eigenvalue weighted by molar-refractivity contribution is -0.363. The molecule has 0 aliphatic heterocycles. The van der Waals surface area contributed by atoms with Gasteiger partial charge in [-0.05, 0) is 58.4 Å². The summed E-state index contributed by atoms with van der Waals surface area (Å²) in [6, 6.07) is 11.3. The van der Waals surface area contributed by atoms with Crippen LogP contribution in [0, 0.1) is 19.8 Å². The molecule has 1 aliphatic rings. The molecule has 6 N–H and O–H groups in total. The number of hydrogen-bond donors (Lipinski definition) is 5. The van der Waals surface area contributed by atoms with Crippen LogP contribution in [-0.4, -0.2) is 54.1 Å². The zero-order chi connectivity index (χ0) is 25.6. The Hall–Kier alpha value is -2.89. The molecule has 0 bridgehead atoms. The van der Waals surface area contributed by atoms with E-state index in [0.717, 1.165) is 37.9 Å². The fraction of sp³-hybridized carbons (Fsp3) is 0.385. The number of H-pyrrole nitrogens is 1. The highest BCUT2D eigenvalue weighted by molar-refractivity contribution is 7.21. The van der Waals surface area contributed by atoms with E-state index < -0.39 is 29.8 Å². The van der Waals surface area contributed by atoms with Crippen LogP contribution < -0.4 is 28.0 Å². The Labute approximate surface area is 225 Å². The van der Waals surface area contributed by atoms with Gasteiger partial charge in [0, 0.05) is 17.3 Å². The smallest absolute Gasteiger partial charge is 0.396 e. The van der Waals surface area contributed by atoms with E-state index in [1.54, 1.807) is 25.2 Å². The second kappa shape index (κ2) is 10.5. The van der Waals surface area contributed by atoms with Gasteiger partial charge in [-0.3, -0.25) is 4.98 Å². The van der Waals surface area contributed by atoms with Crippen molar-refractivity contribution in [3.05, 3.63) is 54.0 Å². The van der Waals surface area contributed by atoms with Crippen molar-refractivity contribution in [2.45, 2.75) is 58.0 Å². The van der Waals surface area contributed by atoms with Crippen LogP contribution in [0.5, 0.6) is 0 Å². The molecule has 3 heterocycles. The number of fused-ring (bicyclic) bond motifs is 1. The molecule has 1 aliphatic carbocycles. The number of aliphatic hydroxyl groups is 3. The number of pyridine rings is 1. The van der Waals surface area contributed by atoms with E-state index >= 15 is 0 Å². The van der Waals surface area contributed by atoms with Crippen LogP contribution in [0.2, 0.25) is 0 Å². The monoisotopic (exact) mass is 542 g/mol. The number of nitrogens with one attached hydrogen (secondary N) is 3. The summed E-state index contributed by atoms with van der Waals surface area (Å²) in [5, 5.41) is 39.3. The van der Waals surface area contributed by atoms with Gasteiger partial charge < -0.3 is 33.0 Å². The number of aromatic nitrogens is 4. The highest BCUT2D eigenvalue weighted by Gasteiger charge is 2.48. The summed E-state index contributed by atoms with van der Waals surface area (Å²) in [6.45, 7) is 7.17. The van der Waals surface area contributed by atoms with Gasteiger partial charge in [0.25, 0.3) is 0 Å². The van der Waals surface area contributed by atoms with Gasteiger partial charge in [-0.1, -0.05) is 17.1 Å². The van der Waals surface area contributed by atoms with E-state index in [1.165, 1.54) is 0 Å². The summed E-state index contributed by atoms with van der Waals surface area (Å²) in [4.78, 5) is 17.2. The zero-order valence-electron chi connectivity index (χ0n) is 21.0. The molecule has 4 atom stereocenters. The first-order valence-corrected chi connectivity index (χ1v) is 12.8. The van der Waals surface area contributed by atoms with Crippen LogP contribution in [0.3, 0.4) is 0 Å². The van der Waals surface area contributed by atoms with Crippen LogP contribution >= 0.6 is 11.3 Å². The number of aromatic amines is 1. The number of thiazole rings is 1. The van der Waals surface area contributed by atoms with E-state index in [4.69, 9.17) is 9.97 Å². The molecule has 37 heavy (non-hydrogen) atoms. The topological polar surface area (TPSA) is 138 Å². The average molecular weight is 543 g/mol. The highest BCUT2D eigenvalue weighted by Crippen LogP contribution is 2.38. The molecule has 4 aromatic rings. The number of aliphatic hydroxyl groups excluding tert-OH is 2. The fourth-order valence-corrected chi connectivity index (χ4v) is 5.82. The average Bonchev–Trinajstić information content (AvgIpc) is 3.35. The predicted molar refractivity (Wildman–Crippen MR) is 140 cm³/mol. The van der Waals surface area contributed by atoms with Gasteiger partial charge in [0.2, 0.25) is 5.82 Å². The molecule has 11 heteroatoms. The van der Waals surface area contributed by atoms with Crippen LogP contribution in [0.25, 0.3) is 20.8 Å². The number of rotatable bonds is 6. The molecule has 1 saturated carbocycles. The minimum Gasteiger partial charge on any atom is -1.00 e. The number of hydrogen-bond acceptors (Lipinski definition) is 9. The molecule has 1 fully saturated rings. The zero-order valence-corrected chi connectivity index (χ0v) is 22.6. The van der Waals surface area contributed by atoms with E-state index in [1.807, 2.05) is 56.4 Å². The molecule has 5 rings (SSSR count).